The lowest BCUT2D eigenvalue weighted by atomic mass is 10.3. The zero-order valence-electron chi connectivity index (χ0n) is 11.7. The van der Waals surface area contributed by atoms with Gasteiger partial charge in [0.2, 0.25) is 0 Å². The highest BCUT2D eigenvalue weighted by molar-refractivity contribution is 5.74. The molecular weight excluding hydrogens is 250 g/mol. The maximum atomic E-state index is 12.1. The largest absolute Gasteiger partial charge is 0.480 e. The molecule has 0 aromatic heterocycles. The Labute approximate surface area is 113 Å². The minimum absolute atomic E-state index is 0.0188. The molecule has 1 heterocycles. The van der Waals surface area contributed by atoms with Crippen LogP contribution in [-0.2, 0) is 9.53 Å². The number of carboxylic acid groups (broad SMARTS) is 1. The fraction of sp³-hybridized carbons (Fsp3) is 0.833. The van der Waals surface area contributed by atoms with E-state index >= 15 is 0 Å². The summed E-state index contributed by atoms with van der Waals surface area (Å²) in [6, 6.07) is -0.0188. The van der Waals surface area contributed by atoms with Gasteiger partial charge >= 0.3 is 12.0 Å². The second kappa shape index (κ2) is 7.96. The average molecular weight is 273 g/mol. The standard InChI is InChI=1S/C12H23N3O4/c1-3-19-9-8-13(2)12(18)15-6-4-14(5-7-15)10-11(16)17/h3-10H2,1-2H3,(H,16,17). The highest BCUT2D eigenvalue weighted by Gasteiger charge is 2.24. The van der Waals surface area contributed by atoms with E-state index in [2.05, 4.69) is 0 Å². The molecule has 0 radical (unpaired) electrons. The van der Waals surface area contributed by atoms with E-state index in [9.17, 15) is 9.59 Å². The minimum Gasteiger partial charge on any atom is -0.480 e. The highest BCUT2D eigenvalue weighted by atomic mass is 16.5. The lowest BCUT2D eigenvalue weighted by molar-refractivity contribution is -0.138. The summed E-state index contributed by atoms with van der Waals surface area (Å²) in [5, 5.41) is 8.71. The van der Waals surface area contributed by atoms with Crippen LogP contribution in [0.1, 0.15) is 6.92 Å². The molecule has 1 saturated heterocycles. The monoisotopic (exact) mass is 273 g/mol. The summed E-state index contributed by atoms with van der Waals surface area (Å²) >= 11 is 0. The summed E-state index contributed by atoms with van der Waals surface area (Å²) in [5.41, 5.74) is 0. The Kier molecular flexibility index (Phi) is 6.58. The van der Waals surface area contributed by atoms with Crippen LogP contribution >= 0.6 is 0 Å². The van der Waals surface area contributed by atoms with Crippen LogP contribution in [0.4, 0.5) is 4.79 Å². The third-order valence-corrected chi connectivity index (χ3v) is 3.10. The van der Waals surface area contributed by atoms with E-state index in [4.69, 9.17) is 9.84 Å². The fourth-order valence-electron chi connectivity index (χ4n) is 1.97. The average Bonchev–Trinajstić information content (AvgIpc) is 2.38. The number of hydrogen-bond donors (Lipinski definition) is 1. The Morgan fingerprint density at radius 1 is 1.26 bits per heavy atom. The number of nitrogens with zero attached hydrogens (tertiary/aromatic N) is 3. The van der Waals surface area contributed by atoms with Gasteiger partial charge in [-0.1, -0.05) is 0 Å². The van der Waals surface area contributed by atoms with Gasteiger partial charge in [-0.05, 0) is 6.92 Å². The van der Waals surface area contributed by atoms with Crippen molar-refractivity contribution in [3.8, 4) is 0 Å². The first-order valence-corrected chi connectivity index (χ1v) is 6.56. The molecule has 0 aromatic carbocycles. The number of urea groups is 1. The summed E-state index contributed by atoms with van der Waals surface area (Å²) in [6.07, 6.45) is 0. The zero-order valence-corrected chi connectivity index (χ0v) is 11.7. The third-order valence-electron chi connectivity index (χ3n) is 3.10. The molecule has 0 unspecified atom stereocenters. The molecule has 0 saturated carbocycles. The van der Waals surface area contributed by atoms with Crippen LogP contribution in [0.3, 0.4) is 0 Å². The van der Waals surface area contributed by atoms with Crippen molar-refractivity contribution < 1.29 is 19.4 Å². The fourth-order valence-corrected chi connectivity index (χ4v) is 1.97. The SMILES string of the molecule is CCOCCN(C)C(=O)N1CCN(CC(=O)O)CC1. The number of carboxylic acids is 1. The predicted octanol–water partition coefficient (Wildman–Crippen LogP) is -0.223. The van der Waals surface area contributed by atoms with E-state index in [1.165, 1.54) is 0 Å². The van der Waals surface area contributed by atoms with Gasteiger partial charge in [0.1, 0.15) is 0 Å². The molecule has 1 rings (SSSR count). The number of carbonyl (C=O) groups excluding carboxylic acids is 1. The molecule has 7 heteroatoms. The van der Waals surface area contributed by atoms with Crippen molar-refractivity contribution in [3.05, 3.63) is 0 Å². The third kappa shape index (κ3) is 5.44. The molecule has 2 amide bonds. The Morgan fingerprint density at radius 2 is 1.89 bits per heavy atom. The molecule has 0 atom stereocenters. The van der Waals surface area contributed by atoms with Crippen molar-refractivity contribution in [2.45, 2.75) is 6.92 Å². The Bertz CT molecular complexity index is 303. The van der Waals surface area contributed by atoms with Crippen LogP contribution in [0.25, 0.3) is 0 Å². The van der Waals surface area contributed by atoms with Crippen LogP contribution in [0.2, 0.25) is 0 Å². The molecule has 0 spiro atoms. The second-order valence-electron chi connectivity index (χ2n) is 4.56. The number of carbonyl (C=O) groups is 2. The van der Waals surface area contributed by atoms with Crippen molar-refractivity contribution >= 4 is 12.0 Å². The van der Waals surface area contributed by atoms with Crippen molar-refractivity contribution in [3.63, 3.8) is 0 Å². The molecule has 0 bridgehead atoms. The number of amides is 2. The quantitative estimate of drug-likeness (QED) is 0.677. The maximum Gasteiger partial charge on any atom is 0.319 e. The topological polar surface area (TPSA) is 73.3 Å². The van der Waals surface area contributed by atoms with Gasteiger partial charge in [0.15, 0.2) is 0 Å². The lowest BCUT2D eigenvalue weighted by Gasteiger charge is -2.35. The molecule has 1 N–H and O–H groups in total. The molecular formula is C12H23N3O4. The number of ether oxygens (including phenoxy) is 1. The highest BCUT2D eigenvalue weighted by Crippen LogP contribution is 2.04. The number of hydrogen-bond acceptors (Lipinski definition) is 4. The molecule has 7 nitrogen and oxygen atoms in total. The summed E-state index contributed by atoms with van der Waals surface area (Å²) in [4.78, 5) is 27.9. The Balaban J connectivity index is 2.29. The molecule has 19 heavy (non-hydrogen) atoms. The number of rotatable bonds is 6. The van der Waals surface area contributed by atoms with Crippen LogP contribution in [-0.4, -0.2) is 91.3 Å². The summed E-state index contributed by atoms with van der Waals surface area (Å²) < 4.78 is 5.22. The van der Waals surface area contributed by atoms with Crippen molar-refractivity contribution in [1.82, 2.24) is 14.7 Å². The van der Waals surface area contributed by atoms with E-state index in [1.807, 2.05) is 11.8 Å². The normalized spacial score (nSPS) is 16.4. The molecule has 1 aliphatic heterocycles. The smallest absolute Gasteiger partial charge is 0.319 e. The summed E-state index contributed by atoms with van der Waals surface area (Å²) in [7, 11) is 1.75. The van der Waals surface area contributed by atoms with E-state index in [1.54, 1.807) is 16.8 Å². The minimum atomic E-state index is -0.825. The van der Waals surface area contributed by atoms with Gasteiger partial charge in [0.25, 0.3) is 0 Å². The van der Waals surface area contributed by atoms with Crippen molar-refractivity contribution in [2.24, 2.45) is 0 Å². The zero-order chi connectivity index (χ0) is 14.3. The van der Waals surface area contributed by atoms with Crippen LogP contribution in [0.15, 0.2) is 0 Å². The predicted molar refractivity (Wildman–Crippen MR) is 70.2 cm³/mol. The summed E-state index contributed by atoms with van der Waals surface area (Å²) in [5.74, 6) is -0.825. The van der Waals surface area contributed by atoms with E-state index in [0.717, 1.165) is 0 Å². The van der Waals surface area contributed by atoms with Crippen molar-refractivity contribution in [2.75, 3.05) is 59.5 Å². The van der Waals surface area contributed by atoms with E-state index in [-0.39, 0.29) is 12.6 Å². The Morgan fingerprint density at radius 3 is 2.42 bits per heavy atom. The molecule has 110 valence electrons. The van der Waals surface area contributed by atoms with Gasteiger partial charge in [-0.2, -0.15) is 0 Å². The van der Waals surface area contributed by atoms with Crippen molar-refractivity contribution in [1.29, 1.82) is 0 Å². The number of aliphatic carboxylic acids is 1. The lowest BCUT2D eigenvalue weighted by Crippen LogP contribution is -2.53. The first kappa shape index (κ1) is 15.7. The summed E-state index contributed by atoms with van der Waals surface area (Å²) in [6.45, 7) is 6.09. The molecule has 0 aliphatic carbocycles. The van der Waals surface area contributed by atoms with E-state index in [0.29, 0.717) is 45.9 Å². The van der Waals surface area contributed by atoms with Crippen LogP contribution in [0.5, 0.6) is 0 Å². The Hall–Kier alpha value is -1.34. The van der Waals surface area contributed by atoms with Gasteiger partial charge in [0, 0.05) is 46.4 Å². The van der Waals surface area contributed by atoms with Gasteiger partial charge in [0.05, 0.1) is 13.2 Å². The van der Waals surface area contributed by atoms with Gasteiger partial charge < -0.3 is 19.6 Å². The maximum absolute atomic E-state index is 12.1. The van der Waals surface area contributed by atoms with E-state index < -0.39 is 5.97 Å². The first-order chi connectivity index (χ1) is 9.04. The van der Waals surface area contributed by atoms with Crippen LogP contribution < -0.4 is 0 Å². The first-order valence-electron chi connectivity index (χ1n) is 6.56. The van der Waals surface area contributed by atoms with Gasteiger partial charge in [-0.25, -0.2) is 4.79 Å². The molecule has 0 aromatic rings. The number of piperazine rings is 1. The number of likely N-dealkylation sites (N-methyl/N-ethyl adjacent to an activating group) is 1. The second-order valence-corrected chi connectivity index (χ2v) is 4.56. The molecule has 1 fully saturated rings. The molecule has 1 aliphatic rings. The van der Waals surface area contributed by atoms with Gasteiger partial charge in [-0.15, -0.1) is 0 Å². The van der Waals surface area contributed by atoms with Gasteiger partial charge in [-0.3, -0.25) is 9.69 Å². The van der Waals surface area contributed by atoms with Crippen LogP contribution in [0, 0.1) is 0 Å².